The predicted octanol–water partition coefficient (Wildman–Crippen LogP) is 1.07. The van der Waals surface area contributed by atoms with Crippen LogP contribution in [-0.2, 0) is 21.0 Å². The monoisotopic (exact) mass is 310 g/mol. The van der Waals surface area contributed by atoms with Gasteiger partial charge in [-0.3, -0.25) is 4.90 Å². The van der Waals surface area contributed by atoms with Gasteiger partial charge in [-0.25, -0.2) is 8.42 Å². The summed E-state index contributed by atoms with van der Waals surface area (Å²) >= 11 is 0. The second kappa shape index (κ2) is 7.06. The normalized spacial score (nSPS) is 18.3. The number of morpholine rings is 1. The maximum Gasteiger partial charge on any atom is 0.170 e. The zero-order valence-electron chi connectivity index (χ0n) is 12.1. The highest BCUT2D eigenvalue weighted by molar-refractivity contribution is 7.92. The van der Waals surface area contributed by atoms with Crippen molar-refractivity contribution >= 4 is 15.5 Å². The third-order valence-corrected chi connectivity index (χ3v) is 5.63. The largest absolute Gasteiger partial charge is 0.399 e. The molecular formula is C15H22N2O3S. The van der Waals surface area contributed by atoms with Gasteiger partial charge >= 0.3 is 0 Å². The number of hydrogen-bond acceptors (Lipinski definition) is 5. The van der Waals surface area contributed by atoms with Crippen LogP contribution in [0.25, 0.3) is 0 Å². The lowest BCUT2D eigenvalue weighted by molar-refractivity contribution is 0.0374. The summed E-state index contributed by atoms with van der Waals surface area (Å²) in [6.07, 6.45) is 2.00. The van der Waals surface area contributed by atoms with E-state index in [4.69, 9.17) is 10.5 Å². The van der Waals surface area contributed by atoms with E-state index in [1.54, 1.807) is 12.1 Å². The number of hydrogen-bond donors (Lipinski definition) is 1. The van der Waals surface area contributed by atoms with Gasteiger partial charge in [0.15, 0.2) is 9.84 Å². The number of benzene rings is 1. The number of nitrogens with zero attached hydrogens (tertiary/aromatic N) is 1. The van der Waals surface area contributed by atoms with E-state index in [9.17, 15) is 8.42 Å². The topological polar surface area (TPSA) is 72.6 Å². The highest BCUT2D eigenvalue weighted by Crippen LogP contribution is 2.15. The van der Waals surface area contributed by atoms with E-state index in [1.807, 2.05) is 17.0 Å². The zero-order chi connectivity index (χ0) is 15.3. The van der Waals surface area contributed by atoms with Gasteiger partial charge in [-0.2, -0.15) is 0 Å². The summed E-state index contributed by atoms with van der Waals surface area (Å²) in [5, 5.41) is -0.629. The van der Waals surface area contributed by atoms with E-state index in [0.29, 0.717) is 38.4 Å². The SMILES string of the molecule is C=CC(N1CCOCC1)S(=O)(=O)CCc1ccc(N)cc1. The maximum absolute atomic E-state index is 12.5. The van der Waals surface area contributed by atoms with Crippen molar-refractivity contribution in [3.63, 3.8) is 0 Å². The number of ether oxygens (including phenoxy) is 1. The molecule has 6 heteroatoms. The second-order valence-electron chi connectivity index (χ2n) is 5.13. The Morgan fingerprint density at radius 1 is 1.29 bits per heavy atom. The Bertz CT molecular complexity index is 563. The zero-order valence-corrected chi connectivity index (χ0v) is 12.9. The molecule has 5 nitrogen and oxygen atoms in total. The first kappa shape index (κ1) is 16.0. The van der Waals surface area contributed by atoms with Crippen molar-refractivity contribution in [3.05, 3.63) is 42.5 Å². The van der Waals surface area contributed by atoms with Crippen LogP contribution in [0.1, 0.15) is 5.56 Å². The second-order valence-corrected chi connectivity index (χ2v) is 7.35. The van der Waals surface area contributed by atoms with Gasteiger partial charge in [0.2, 0.25) is 0 Å². The number of rotatable bonds is 6. The number of nitrogens with two attached hydrogens (primary N) is 1. The Kier molecular flexibility index (Phi) is 5.39. The molecule has 21 heavy (non-hydrogen) atoms. The Hall–Kier alpha value is -1.37. The van der Waals surface area contributed by atoms with Crippen LogP contribution in [-0.4, -0.2) is 50.7 Å². The minimum absolute atomic E-state index is 0.102. The molecule has 1 heterocycles. The summed E-state index contributed by atoms with van der Waals surface area (Å²) in [7, 11) is -3.26. The summed E-state index contributed by atoms with van der Waals surface area (Å²) in [5.41, 5.74) is 7.28. The van der Waals surface area contributed by atoms with E-state index in [0.717, 1.165) is 5.56 Å². The van der Waals surface area contributed by atoms with Gasteiger partial charge in [0.05, 0.1) is 19.0 Å². The predicted molar refractivity (Wildman–Crippen MR) is 84.7 cm³/mol. The van der Waals surface area contributed by atoms with Crippen LogP contribution >= 0.6 is 0 Å². The van der Waals surface area contributed by atoms with Crippen molar-refractivity contribution in [2.45, 2.75) is 11.8 Å². The summed E-state index contributed by atoms with van der Waals surface area (Å²) in [4.78, 5) is 1.91. The molecular weight excluding hydrogens is 288 g/mol. The molecule has 0 bridgehead atoms. The van der Waals surface area contributed by atoms with Crippen LogP contribution in [0.2, 0.25) is 0 Å². The summed E-state index contributed by atoms with van der Waals surface area (Å²) < 4.78 is 30.3. The Morgan fingerprint density at radius 2 is 1.90 bits per heavy atom. The number of sulfone groups is 1. The van der Waals surface area contributed by atoms with Crippen LogP contribution in [0.15, 0.2) is 36.9 Å². The average Bonchev–Trinajstić information content (AvgIpc) is 2.48. The Morgan fingerprint density at radius 3 is 2.48 bits per heavy atom. The third-order valence-electron chi connectivity index (χ3n) is 3.63. The van der Waals surface area contributed by atoms with Crippen LogP contribution < -0.4 is 5.73 Å². The first-order valence-corrected chi connectivity index (χ1v) is 8.75. The number of aryl methyl sites for hydroxylation is 1. The minimum Gasteiger partial charge on any atom is -0.399 e. The molecule has 1 fully saturated rings. The summed E-state index contributed by atoms with van der Waals surface area (Å²) in [6.45, 7) is 6.07. The molecule has 0 spiro atoms. The molecule has 2 N–H and O–H groups in total. The summed E-state index contributed by atoms with van der Waals surface area (Å²) in [6, 6.07) is 7.30. The first-order valence-electron chi connectivity index (χ1n) is 7.03. The lowest BCUT2D eigenvalue weighted by atomic mass is 10.2. The van der Waals surface area contributed by atoms with Crippen molar-refractivity contribution in [2.75, 3.05) is 37.8 Å². The lowest BCUT2D eigenvalue weighted by Gasteiger charge is -2.32. The molecule has 1 aliphatic heterocycles. The van der Waals surface area contributed by atoms with Gasteiger partial charge < -0.3 is 10.5 Å². The van der Waals surface area contributed by atoms with Crippen LogP contribution in [0.4, 0.5) is 5.69 Å². The quantitative estimate of drug-likeness (QED) is 0.628. The summed E-state index contributed by atoms with van der Waals surface area (Å²) in [5.74, 6) is 0.102. The molecule has 0 aromatic heterocycles. The van der Waals surface area contributed by atoms with E-state index in [1.165, 1.54) is 6.08 Å². The van der Waals surface area contributed by atoms with Crippen molar-refractivity contribution in [1.29, 1.82) is 0 Å². The molecule has 0 aliphatic carbocycles. The van der Waals surface area contributed by atoms with E-state index in [2.05, 4.69) is 6.58 Å². The minimum atomic E-state index is -3.26. The standard InChI is InChI=1S/C15H22N2O3S/c1-2-15(17-8-10-20-11-9-17)21(18,19)12-7-13-3-5-14(16)6-4-13/h2-6,15H,1,7-12,16H2. The fourth-order valence-corrected chi connectivity index (χ4v) is 4.14. The molecule has 2 rings (SSSR count). The van der Waals surface area contributed by atoms with Crippen molar-refractivity contribution in [3.8, 4) is 0 Å². The molecule has 1 saturated heterocycles. The molecule has 1 aromatic carbocycles. The fraction of sp³-hybridized carbons (Fsp3) is 0.467. The maximum atomic E-state index is 12.5. The van der Waals surface area contributed by atoms with Gasteiger partial charge in [-0.05, 0) is 24.1 Å². The number of anilines is 1. The fourth-order valence-electron chi connectivity index (χ4n) is 2.42. The number of nitrogen functional groups attached to an aromatic ring is 1. The van der Waals surface area contributed by atoms with Gasteiger partial charge in [-0.1, -0.05) is 18.2 Å². The molecule has 0 saturated carbocycles. The molecule has 0 radical (unpaired) electrons. The van der Waals surface area contributed by atoms with Crippen LogP contribution in [0.5, 0.6) is 0 Å². The van der Waals surface area contributed by atoms with E-state index < -0.39 is 15.2 Å². The molecule has 1 aliphatic rings. The van der Waals surface area contributed by atoms with Gasteiger partial charge in [-0.15, -0.1) is 6.58 Å². The average molecular weight is 310 g/mol. The lowest BCUT2D eigenvalue weighted by Crippen LogP contribution is -2.47. The highest BCUT2D eigenvalue weighted by Gasteiger charge is 2.29. The van der Waals surface area contributed by atoms with Gasteiger partial charge in [0.1, 0.15) is 5.37 Å². The molecule has 116 valence electrons. The third kappa shape index (κ3) is 4.30. The molecule has 1 unspecified atom stereocenters. The molecule has 0 amide bonds. The smallest absolute Gasteiger partial charge is 0.170 e. The van der Waals surface area contributed by atoms with Crippen molar-refractivity contribution < 1.29 is 13.2 Å². The molecule has 1 atom stereocenters. The van der Waals surface area contributed by atoms with Crippen LogP contribution in [0.3, 0.4) is 0 Å². The van der Waals surface area contributed by atoms with Crippen molar-refractivity contribution in [1.82, 2.24) is 4.90 Å². The van der Waals surface area contributed by atoms with Gasteiger partial charge in [0, 0.05) is 18.8 Å². The van der Waals surface area contributed by atoms with Gasteiger partial charge in [0.25, 0.3) is 0 Å². The molecule has 1 aromatic rings. The Labute approximate surface area is 126 Å². The van der Waals surface area contributed by atoms with E-state index >= 15 is 0 Å². The Balaban J connectivity index is 2.01. The highest BCUT2D eigenvalue weighted by atomic mass is 32.2. The van der Waals surface area contributed by atoms with Crippen molar-refractivity contribution in [2.24, 2.45) is 0 Å². The van der Waals surface area contributed by atoms with Crippen LogP contribution in [0, 0.1) is 0 Å². The first-order chi connectivity index (χ1) is 10.0. The van der Waals surface area contributed by atoms with E-state index in [-0.39, 0.29) is 5.75 Å².